The number of hydrogen-bond acceptors (Lipinski definition) is 2. The largest absolute Gasteiger partial charge is 0.383 e. The van der Waals surface area contributed by atoms with Crippen LogP contribution in [0.4, 0.5) is 0 Å². The Hall–Kier alpha value is -0.860. The predicted molar refractivity (Wildman–Crippen MR) is 62.8 cm³/mol. The molecule has 3 unspecified atom stereocenters. The van der Waals surface area contributed by atoms with Gasteiger partial charge in [-0.05, 0) is 61.8 Å². The normalized spacial score (nSPS) is 45.8. The van der Waals surface area contributed by atoms with E-state index in [1.807, 2.05) is 6.08 Å². The Bertz CT molecular complexity index is 436. The number of hydrogen-bond donors (Lipinski definition) is 2. The molecule has 2 nitrogen and oxygen atoms in total. The molecule has 16 heavy (non-hydrogen) atoms. The van der Waals surface area contributed by atoms with E-state index in [1.54, 1.807) is 13.8 Å². The van der Waals surface area contributed by atoms with Crippen LogP contribution in [0.25, 0.3) is 0 Å². The fourth-order valence-electron chi connectivity index (χ4n) is 3.32. The second-order valence-electron chi connectivity index (χ2n) is 5.59. The predicted octanol–water partition coefficient (Wildman–Crippen LogP) is 2.09. The van der Waals surface area contributed by atoms with Gasteiger partial charge in [-0.1, -0.05) is 12.2 Å². The molecule has 0 radical (unpaired) electrons. The molecule has 0 bridgehead atoms. The molecule has 3 aliphatic rings. The highest BCUT2D eigenvalue weighted by molar-refractivity contribution is 5.57. The van der Waals surface area contributed by atoms with Crippen molar-refractivity contribution < 1.29 is 10.2 Å². The van der Waals surface area contributed by atoms with Crippen LogP contribution in [-0.2, 0) is 0 Å². The average molecular weight is 218 g/mol. The Morgan fingerprint density at radius 2 is 2.06 bits per heavy atom. The van der Waals surface area contributed by atoms with Crippen molar-refractivity contribution in [2.24, 2.45) is 5.92 Å². The zero-order valence-corrected chi connectivity index (χ0v) is 9.83. The maximum absolute atomic E-state index is 10.6. The van der Waals surface area contributed by atoms with E-state index in [2.05, 4.69) is 12.2 Å². The van der Waals surface area contributed by atoms with Gasteiger partial charge in [-0.25, -0.2) is 0 Å². The van der Waals surface area contributed by atoms with Gasteiger partial charge in [0.05, 0.1) is 0 Å². The monoisotopic (exact) mass is 218 g/mol. The summed E-state index contributed by atoms with van der Waals surface area (Å²) in [5.74, 6) is 0.564. The maximum Gasteiger partial charge on any atom is 0.115 e. The Morgan fingerprint density at radius 3 is 2.81 bits per heavy atom. The Kier molecular flexibility index (Phi) is 1.85. The molecule has 86 valence electrons. The van der Waals surface area contributed by atoms with Crippen LogP contribution in [0.1, 0.15) is 33.1 Å². The molecule has 0 aromatic carbocycles. The second kappa shape index (κ2) is 2.88. The van der Waals surface area contributed by atoms with E-state index >= 15 is 0 Å². The van der Waals surface area contributed by atoms with Crippen LogP contribution in [0.3, 0.4) is 0 Å². The molecule has 0 aromatic rings. The molecule has 0 fully saturated rings. The Labute approximate surface area is 96.0 Å². The van der Waals surface area contributed by atoms with Crippen LogP contribution >= 0.6 is 0 Å². The molecule has 0 aromatic heterocycles. The molecule has 3 atom stereocenters. The molecule has 3 rings (SSSR count). The highest BCUT2D eigenvalue weighted by atomic mass is 16.4. The lowest BCUT2D eigenvalue weighted by molar-refractivity contribution is -0.0796. The van der Waals surface area contributed by atoms with Crippen molar-refractivity contribution in [3.63, 3.8) is 0 Å². The molecule has 2 heteroatoms. The highest BCUT2D eigenvalue weighted by Gasteiger charge is 2.50. The van der Waals surface area contributed by atoms with Gasteiger partial charge in [0.25, 0.3) is 0 Å². The third-order valence-corrected chi connectivity index (χ3v) is 4.51. The first-order valence-electron chi connectivity index (χ1n) is 6.01. The van der Waals surface area contributed by atoms with E-state index in [1.165, 1.54) is 5.57 Å². The summed E-state index contributed by atoms with van der Waals surface area (Å²) < 4.78 is 0. The van der Waals surface area contributed by atoms with Crippen molar-refractivity contribution in [3.8, 4) is 0 Å². The van der Waals surface area contributed by atoms with E-state index in [0.29, 0.717) is 5.92 Å². The van der Waals surface area contributed by atoms with E-state index in [4.69, 9.17) is 0 Å². The molecule has 0 amide bonds. The first kappa shape index (κ1) is 10.3. The SMILES string of the molecule is CC1(O)C=C2C=CCC3CCC(=C23)C1(C)O. The number of rotatable bonds is 0. The molecule has 0 spiro atoms. The van der Waals surface area contributed by atoms with Crippen LogP contribution < -0.4 is 0 Å². The molecule has 0 saturated heterocycles. The van der Waals surface area contributed by atoms with Gasteiger partial charge in [0.2, 0.25) is 0 Å². The second-order valence-corrected chi connectivity index (χ2v) is 5.59. The van der Waals surface area contributed by atoms with E-state index in [-0.39, 0.29) is 0 Å². The molecule has 0 saturated carbocycles. The molecular formula is C14H18O2. The molecular weight excluding hydrogens is 200 g/mol. The van der Waals surface area contributed by atoms with E-state index in [9.17, 15) is 10.2 Å². The van der Waals surface area contributed by atoms with Gasteiger partial charge in [0, 0.05) is 0 Å². The molecule has 2 N–H and O–H groups in total. The van der Waals surface area contributed by atoms with Crippen molar-refractivity contribution >= 4 is 0 Å². The van der Waals surface area contributed by atoms with Crippen LogP contribution in [0.5, 0.6) is 0 Å². The summed E-state index contributed by atoms with van der Waals surface area (Å²) >= 11 is 0. The van der Waals surface area contributed by atoms with Gasteiger partial charge in [-0.15, -0.1) is 0 Å². The third-order valence-electron chi connectivity index (χ3n) is 4.51. The zero-order chi connectivity index (χ0) is 11.6. The number of aliphatic hydroxyl groups is 2. The summed E-state index contributed by atoms with van der Waals surface area (Å²) in [4.78, 5) is 0. The zero-order valence-electron chi connectivity index (χ0n) is 9.83. The first-order valence-corrected chi connectivity index (χ1v) is 6.01. The van der Waals surface area contributed by atoms with Crippen LogP contribution in [0.15, 0.2) is 34.9 Å². The van der Waals surface area contributed by atoms with Gasteiger partial charge >= 0.3 is 0 Å². The quantitative estimate of drug-likeness (QED) is 0.653. The standard InChI is InChI=1S/C14H18O2/c1-13(15)8-10-5-3-4-9-6-7-11(12(9)10)14(13,2)16/h3,5,8-9,15-16H,4,6-7H2,1-2H3. The average Bonchev–Trinajstić information content (AvgIpc) is 2.60. The minimum atomic E-state index is -1.16. The van der Waals surface area contributed by atoms with Crippen LogP contribution in [0.2, 0.25) is 0 Å². The summed E-state index contributed by atoms with van der Waals surface area (Å²) in [6.07, 6.45) is 9.19. The van der Waals surface area contributed by atoms with Crippen molar-refractivity contribution in [1.29, 1.82) is 0 Å². The van der Waals surface area contributed by atoms with Gasteiger partial charge in [0.1, 0.15) is 11.2 Å². The fourth-order valence-corrected chi connectivity index (χ4v) is 3.32. The minimum absolute atomic E-state index is 0.564. The third kappa shape index (κ3) is 1.09. The van der Waals surface area contributed by atoms with Crippen molar-refractivity contribution in [2.75, 3.05) is 0 Å². The molecule has 3 aliphatic carbocycles. The first-order chi connectivity index (χ1) is 7.43. The van der Waals surface area contributed by atoms with E-state index in [0.717, 1.165) is 30.4 Å². The fraction of sp³-hybridized carbons (Fsp3) is 0.571. The van der Waals surface area contributed by atoms with Gasteiger partial charge in [-0.2, -0.15) is 0 Å². The Balaban J connectivity index is 2.23. The lowest BCUT2D eigenvalue weighted by atomic mass is 9.70. The molecule has 0 aliphatic heterocycles. The maximum atomic E-state index is 10.6. The number of allylic oxidation sites excluding steroid dienone is 4. The Morgan fingerprint density at radius 1 is 1.31 bits per heavy atom. The van der Waals surface area contributed by atoms with Gasteiger partial charge < -0.3 is 10.2 Å². The van der Waals surface area contributed by atoms with Crippen LogP contribution in [-0.4, -0.2) is 21.4 Å². The summed E-state index contributed by atoms with van der Waals surface area (Å²) in [5.41, 5.74) is 1.23. The van der Waals surface area contributed by atoms with Crippen molar-refractivity contribution in [2.45, 2.75) is 44.3 Å². The van der Waals surface area contributed by atoms with E-state index < -0.39 is 11.2 Å². The summed E-state index contributed by atoms with van der Waals surface area (Å²) in [5, 5.41) is 20.9. The van der Waals surface area contributed by atoms with Crippen molar-refractivity contribution in [1.82, 2.24) is 0 Å². The van der Waals surface area contributed by atoms with Gasteiger partial charge in [-0.3, -0.25) is 0 Å². The highest BCUT2D eigenvalue weighted by Crippen LogP contribution is 2.51. The topological polar surface area (TPSA) is 40.5 Å². The lowest BCUT2D eigenvalue weighted by Crippen LogP contribution is -2.52. The summed E-state index contributed by atoms with van der Waals surface area (Å²) in [6.45, 7) is 3.43. The van der Waals surface area contributed by atoms with Gasteiger partial charge in [0.15, 0.2) is 0 Å². The summed E-state index contributed by atoms with van der Waals surface area (Å²) in [6, 6.07) is 0. The smallest absolute Gasteiger partial charge is 0.115 e. The van der Waals surface area contributed by atoms with Crippen LogP contribution in [0, 0.1) is 5.92 Å². The minimum Gasteiger partial charge on any atom is -0.383 e. The molecule has 0 heterocycles. The summed E-state index contributed by atoms with van der Waals surface area (Å²) in [7, 11) is 0. The lowest BCUT2D eigenvalue weighted by Gasteiger charge is -2.43. The van der Waals surface area contributed by atoms with Crippen molar-refractivity contribution in [3.05, 3.63) is 34.9 Å².